The van der Waals surface area contributed by atoms with Crippen LogP contribution in [0.2, 0.25) is 0 Å². The molecule has 0 aromatic heterocycles. The molecule has 0 radical (unpaired) electrons. The van der Waals surface area contributed by atoms with Crippen molar-refractivity contribution >= 4 is 6.29 Å². The van der Waals surface area contributed by atoms with Crippen molar-refractivity contribution in [1.82, 2.24) is 0 Å². The van der Waals surface area contributed by atoms with Gasteiger partial charge in [-0.15, -0.1) is 4.91 Å². The molecule has 1 rings (SSSR count). The van der Waals surface area contributed by atoms with Crippen LogP contribution in [0.5, 0.6) is 0 Å². The molecule has 0 aliphatic heterocycles. The molecule has 0 fully saturated rings. The second kappa shape index (κ2) is 9.81. The molecule has 0 atom stereocenters. The summed E-state index contributed by atoms with van der Waals surface area (Å²) >= 11 is 0. The molecule has 130 valence electrons. The van der Waals surface area contributed by atoms with Gasteiger partial charge in [-0.25, -0.2) is 0 Å². The first-order chi connectivity index (χ1) is 11.4. The summed E-state index contributed by atoms with van der Waals surface area (Å²) in [6.07, 6.45) is 15.4. The Morgan fingerprint density at radius 3 is 2.67 bits per heavy atom. The maximum atomic E-state index is 10.4. The minimum atomic E-state index is 0.119. The van der Waals surface area contributed by atoms with Gasteiger partial charge in [0.15, 0.2) is 5.34 Å². The van der Waals surface area contributed by atoms with E-state index in [4.69, 9.17) is 0 Å². The fourth-order valence-corrected chi connectivity index (χ4v) is 2.94. The second-order valence-corrected chi connectivity index (χ2v) is 6.76. The lowest BCUT2D eigenvalue weighted by Gasteiger charge is -2.33. The summed E-state index contributed by atoms with van der Waals surface area (Å²) in [5.74, 6) is 0. The Labute approximate surface area is 144 Å². The highest BCUT2D eigenvalue weighted by molar-refractivity contribution is 5.66. The van der Waals surface area contributed by atoms with E-state index in [2.05, 4.69) is 37.0 Å². The summed E-state index contributed by atoms with van der Waals surface area (Å²) in [6.45, 7) is 8.66. The molecule has 0 amide bonds. The van der Waals surface area contributed by atoms with Crippen LogP contribution < -0.4 is 0 Å². The third-order valence-electron chi connectivity index (χ3n) is 4.29. The van der Waals surface area contributed by atoms with Crippen LogP contribution in [0.4, 0.5) is 0 Å². The van der Waals surface area contributed by atoms with E-state index >= 15 is 0 Å². The van der Waals surface area contributed by atoms with E-state index in [9.17, 15) is 9.70 Å². The average molecular weight is 329 g/mol. The molecule has 4 nitrogen and oxygen atoms in total. The first-order valence-electron chi connectivity index (χ1n) is 8.23. The largest absolute Gasteiger partial charge is 0.359 e. The predicted molar refractivity (Wildman–Crippen MR) is 98.3 cm³/mol. The molecule has 0 aromatic carbocycles. The quantitative estimate of drug-likeness (QED) is 0.197. The smallest absolute Gasteiger partial charge is 0.155 e. The fraction of sp³-hybridized carbons (Fsp3) is 0.450. The zero-order valence-corrected chi connectivity index (χ0v) is 15.0. The number of hydrogen-bond acceptors (Lipinski definition) is 4. The maximum absolute atomic E-state index is 10.4. The van der Waals surface area contributed by atoms with E-state index in [0.717, 1.165) is 23.9 Å². The van der Waals surface area contributed by atoms with Gasteiger partial charge in [0.05, 0.1) is 0 Å². The Balaban J connectivity index is 2.98. The van der Waals surface area contributed by atoms with E-state index in [0.29, 0.717) is 0 Å². The molecule has 0 spiro atoms. The van der Waals surface area contributed by atoms with Crippen LogP contribution in [0.3, 0.4) is 0 Å². The molecule has 0 saturated carbocycles. The summed E-state index contributed by atoms with van der Waals surface area (Å²) in [4.78, 5) is 25.3. The van der Waals surface area contributed by atoms with Gasteiger partial charge >= 0.3 is 0 Å². The number of nitrogens with zero attached hydrogens (tertiary/aromatic N) is 1. The first kappa shape index (κ1) is 19.8. The van der Waals surface area contributed by atoms with Crippen molar-refractivity contribution in [2.24, 2.45) is 10.8 Å². The normalized spacial score (nSPS) is 19.2. The van der Waals surface area contributed by atoms with Gasteiger partial charge in [-0.3, -0.25) is 4.79 Å². The van der Waals surface area contributed by atoms with Gasteiger partial charge in [-0.05, 0) is 61.3 Å². The van der Waals surface area contributed by atoms with Crippen molar-refractivity contribution < 1.29 is 9.63 Å². The van der Waals surface area contributed by atoms with Crippen molar-refractivity contribution in [2.45, 2.75) is 47.0 Å². The van der Waals surface area contributed by atoms with Gasteiger partial charge in [0.1, 0.15) is 12.9 Å². The average Bonchev–Trinajstić information content (AvgIpc) is 2.51. The van der Waals surface area contributed by atoms with E-state index in [1.54, 1.807) is 0 Å². The Hall–Kier alpha value is -2.23. The van der Waals surface area contributed by atoms with Crippen molar-refractivity contribution in [3.63, 3.8) is 0 Å². The molecule has 0 unspecified atom stereocenters. The van der Waals surface area contributed by atoms with Crippen molar-refractivity contribution in [1.29, 1.82) is 0 Å². The van der Waals surface area contributed by atoms with Crippen LogP contribution in [0.1, 0.15) is 47.0 Å². The summed E-state index contributed by atoms with van der Waals surface area (Å²) in [6, 6.07) is 0. The predicted octanol–water partition coefficient (Wildman–Crippen LogP) is 5.40. The van der Waals surface area contributed by atoms with Crippen LogP contribution in [0.15, 0.2) is 64.1 Å². The second-order valence-electron chi connectivity index (χ2n) is 6.76. The van der Waals surface area contributed by atoms with E-state index in [1.807, 2.05) is 31.2 Å². The summed E-state index contributed by atoms with van der Waals surface area (Å²) in [7, 11) is 0. The third-order valence-corrected chi connectivity index (χ3v) is 4.29. The van der Waals surface area contributed by atoms with Crippen molar-refractivity contribution in [3.8, 4) is 0 Å². The van der Waals surface area contributed by atoms with Crippen LogP contribution in [0, 0.1) is 10.3 Å². The number of hydrogen-bond donors (Lipinski definition) is 0. The zero-order chi connectivity index (χ0) is 18.0. The molecule has 0 N–H and O–H groups in total. The Morgan fingerprint density at radius 1 is 1.29 bits per heavy atom. The molecular weight excluding hydrogens is 302 g/mol. The Bertz CT molecular complexity index is 604. The Morgan fingerprint density at radius 2 is 2.04 bits per heavy atom. The lowest BCUT2D eigenvalue weighted by Crippen LogP contribution is -2.19. The molecule has 1 aliphatic rings. The number of allylic oxidation sites excluding steroid dienone is 8. The standard InChI is InChI=1S/C20H27NO3/c1-16(12-14-22)7-5-9-18(15-24-21-23)10-11-19-17(2)8-6-13-20(19,3)4/h5,7,9-12,14H,6,8,13,15H2,1-4H3. The summed E-state index contributed by atoms with van der Waals surface area (Å²) in [5, 5.41) is 2.47. The number of rotatable bonds is 8. The number of carbonyl (C=O) groups excluding carboxylic acids is 1. The van der Waals surface area contributed by atoms with Crippen molar-refractivity contribution in [3.05, 3.63) is 63.7 Å². The van der Waals surface area contributed by atoms with E-state index < -0.39 is 0 Å². The lowest BCUT2D eigenvalue weighted by molar-refractivity contribution is -0.104. The lowest BCUT2D eigenvalue weighted by atomic mass is 9.72. The molecule has 24 heavy (non-hydrogen) atoms. The fourth-order valence-electron chi connectivity index (χ4n) is 2.94. The molecule has 0 saturated heterocycles. The molecule has 0 bridgehead atoms. The SMILES string of the molecule is CC(C=CC=C(C=CC1=C(C)CCCC1(C)C)CON=O)=CC=O. The summed E-state index contributed by atoms with van der Waals surface area (Å²) < 4.78 is 0. The minimum absolute atomic E-state index is 0.119. The van der Waals surface area contributed by atoms with E-state index in [-0.39, 0.29) is 12.0 Å². The molecule has 1 aliphatic carbocycles. The highest BCUT2D eigenvalue weighted by Crippen LogP contribution is 2.40. The molecule has 0 heterocycles. The van der Waals surface area contributed by atoms with Gasteiger partial charge in [-0.1, -0.05) is 49.8 Å². The van der Waals surface area contributed by atoms with Gasteiger partial charge in [0, 0.05) is 0 Å². The van der Waals surface area contributed by atoms with Gasteiger partial charge in [0.2, 0.25) is 0 Å². The van der Waals surface area contributed by atoms with E-state index in [1.165, 1.54) is 30.1 Å². The number of aldehydes is 1. The molecule has 0 aromatic rings. The Kier molecular flexibility index (Phi) is 8.10. The van der Waals surface area contributed by atoms with Crippen LogP contribution >= 0.6 is 0 Å². The van der Waals surface area contributed by atoms with Crippen LogP contribution in [-0.2, 0) is 9.63 Å². The highest BCUT2D eigenvalue weighted by Gasteiger charge is 2.26. The van der Waals surface area contributed by atoms with Gasteiger partial charge in [-0.2, -0.15) is 0 Å². The van der Waals surface area contributed by atoms with Gasteiger partial charge in [0.25, 0.3) is 0 Å². The maximum Gasteiger partial charge on any atom is 0.155 e. The van der Waals surface area contributed by atoms with Crippen LogP contribution in [-0.4, -0.2) is 12.9 Å². The zero-order valence-electron chi connectivity index (χ0n) is 15.0. The molecular formula is C20H27NO3. The third kappa shape index (κ3) is 6.49. The summed E-state index contributed by atoms with van der Waals surface area (Å²) in [5.41, 5.74) is 4.61. The number of carbonyl (C=O) groups is 1. The van der Waals surface area contributed by atoms with Crippen molar-refractivity contribution in [2.75, 3.05) is 6.61 Å². The minimum Gasteiger partial charge on any atom is -0.359 e. The van der Waals surface area contributed by atoms with Crippen LogP contribution in [0.25, 0.3) is 0 Å². The highest BCUT2D eigenvalue weighted by atomic mass is 16.7. The molecule has 4 heteroatoms. The first-order valence-corrected chi connectivity index (χ1v) is 8.23. The monoisotopic (exact) mass is 329 g/mol. The van der Waals surface area contributed by atoms with Gasteiger partial charge < -0.3 is 4.84 Å². The topological polar surface area (TPSA) is 55.7 Å².